The first-order chi connectivity index (χ1) is 12.3. The van der Waals surface area contributed by atoms with Crippen LogP contribution in [-0.4, -0.2) is 35.1 Å². The van der Waals surface area contributed by atoms with E-state index in [2.05, 4.69) is 26.2 Å². The van der Waals surface area contributed by atoms with Gasteiger partial charge in [-0.1, -0.05) is 0 Å². The summed E-state index contributed by atoms with van der Waals surface area (Å²) in [4.78, 5) is 17.9. The van der Waals surface area contributed by atoms with Crippen molar-refractivity contribution in [3.05, 3.63) is 52.6 Å². The number of urea groups is 1. The maximum absolute atomic E-state index is 12.6. The average molecular weight is 430 g/mol. The molecule has 1 aromatic carbocycles. The minimum absolute atomic E-state index is 0.179. The van der Waals surface area contributed by atoms with E-state index < -0.39 is 11.7 Å². The summed E-state index contributed by atoms with van der Waals surface area (Å²) in [7, 11) is 0. The zero-order chi connectivity index (χ0) is 18.7. The number of ether oxygens (including phenoxy) is 1. The highest BCUT2D eigenvalue weighted by atomic mass is 79.9. The maximum Gasteiger partial charge on any atom is 0.416 e. The lowest BCUT2D eigenvalue weighted by molar-refractivity contribution is -0.137. The van der Waals surface area contributed by atoms with Crippen LogP contribution in [-0.2, 0) is 6.18 Å². The van der Waals surface area contributed by atoms with Gasteiger partial charge in [0.1, 0.15) is 6.10 Å². The molecule has 0 saturated carbocycles. The lowest BCUT2D eigenvalue weighted by atomic mass is 10.2. The van der Waals surface area contributed by atoms with E-state index in [1.165, 1.54) is 12.1 Å². The fourth-order valence-corrected chi connectivity index (χ4v) is 2.79. The van der Waals surface area contributed by atoms with Crippen LogP contribution in [0, 0.1) is 0 Å². The molecule has 5 nitrogen and oxygen atoms in total. The monoisotopic (exact) mass is 429 g/mol. The zero-order valence-corrected chi connectivity index (χ0v) is 15.0. The molecule has 0 unspecified atom stereocenters. The Labute approximate surface area is 156 Å². The lowest BCUT2D eigenvalue weighted by Gasteiger charge is -2.18. The molecule has 2 amide bonds. The fourth-order valence-electron chi connectivity index (χ4n) is 2.56. The molecule has 1 N–H and O–H groups in total. The van der Waals surface area contributed by atoms with Crippen molar-refractivity contribution in [3.8, 4) is 5.88 Å². The standard InChI is InChI=1S/C17H15BrF3N3O2/c18-12-3-6-15(22-9-12)26-14-7-8-24(10-14)16(25)23-13-4-1-11(2-5-13)17(19,20)21/h1-6,9,14H,7-8,10H2,(H,23,25)/t14-/m1/s1. The van der Waals surface area contributed by atoms with Crippen molar-refractivity contribution in [2.24, 2.45) is 0 Å². The molecule has 1 atom stereocenters. The van der Waals surface area contributed by atoms with Gasteiger partial charge < -0.3 is 15.0 Å². The minimum atomic E-state index is -4.40. The van der Waals surface area contributed by atoms with E-state index in [0.717, 1.165) is 16.6 Å². The Bertz CT molecular complexity index is 766. The number of nitrogens with zero attached hydrogens (tertiary/aromatic N) is 2. The molecule has 138 valence electrons. The molecule has 0 aliphatic carbocycles. The molecule has 2 aromatic rings. The summed E-state index contributed by atoms with van der Waals surface area (Å²) in [5, 5.41) is 2.60. The van der Waals surface area contributed by atoms with Crippen LogP contribution in [0.2, 0.25) is 0 Å². The first-order valence-electron chi connectivity index (χ1n) is 7.82. The van der Waals surface area contributed by atoms with Gasteiger partial charge in [-0.25, -0.2) is 9.78 Å². The number of hydrogen-bond acceptors (Lipinski definition) is 3. The number of halogens is 4. The number of nitrogens with one attached hydrogen (secondary N) is 1. The number of pyridine rings is 1. The molecule has 0 spiro atoms. The predicted molar refractivity (Wildman–Crippen MR) is 93.0 cm³/mol. The molecule has 1 aliphatic heterocycles. The lowest BCUT2D eigenvalue weighted by Crippen LogP contribution is -2.34. The van der Waals surface area contributed by atoms with Crippen LogP contribution in [0.15, 0.2) is 47.1 Å². The van der Waals surface area contributed by atoms with Crippen molar-refractivity contribution in [3.63, 3.8) is 0 Å². The number of carbonyl (C=O) groups excluding carboxylic acids is 1. The molecule has 1 saturated heterocycles. The van der Waals surface area contributed by atoms with Crippen molar-refractivity contribution < 1.29 is 22.7 Å². The van der Waals surface area contributed by atoms with Crippen molar-refractivity contribution in [1.82, 2.24) is 9.88 Å². The highest BCUT2D eigenvalue weighted by Crippen LogP contribution is 2.30. The number of amides is 2. The fraction of sp³-hybridized carbons (Fsp3) is 0.294. The second-order valence-electron chi connectivity index (χ2n) is 5.79. The molecular weight excluding hydrogens is 415 g/mol. The summed E-state index contributed by atoms with van der Waals surface area (Å²) >= 11 is 3.29. The van der Waals surface area contributed by atoms with Crippen LogP contribution in [0.4, 0.5) is 23.7 Å². The van der Waals surface area contributed by atoms with Gasteiger partial charge in [-0.2, -0.15) is 13.2 Å². The van der Waals surface area contributed by atoms with E-state index in [-0.39, 0.29) is 12.1 Å². The molecule has 0 bridgehead atoms. The Morgan fingerprint density at radius 3 is 2.58 bits per heavy atom. The van der Waals surface area contributed by atoms with Crippen molar-refractivity contribution in [1.29, 1.82) is 0 Å². The molecule has 3 rings (SSSR count). The number of rotatable bonds is 3. The van der Waals surface area contributed by atoms with Gasteiger partial charge >= 0.3 is 12.2 Å². The number of anilines is 1. The Hall–Kier alpha value is -2.29. The van der Waals surface area contributed by atoms with Crippen molar-refractivity contribution in [2.45, 2.75) is 18.7 Å². The van der Waals surface area contributed by atoms with E-state index in [9.17, 15) is 18.0 Å². The molecule has 1 aromatic heterocycles. The first-order valence-corrected chi connectivity index (χ1v) is 8.62. The minimum Gasteiger partial charge on any atom is -0.472 e. The smallest absolute Gasteiger partial charge is 0.416 e. The number of hydrogen-bond donors (Lipinski definition) is 1. The SMILES string of the molecule is O=C(Nc1ccc(C(F)(F)F)cc1)N1CC[C@@H](Oc2ccc(Br)cn2)C1. The Morgan fingerprint density at radius 1 is 1.23 bits per heavy atom. The van der Waals surface area contributed by atoms with Gasteiger partial charge in [0, 0.05) is 35.4 Å². The van der Waals surface area contributed by atoms with Gasteiger partial charge in [0.2, 0.25) is 5.88 Å². The Balaban J connectivity index is 1.53. The second kappa shape index (κ2) is 7.53. The summed E-state index contributed by atoms with van der Waals surface area (Å²) in [6.45, 7) is 0.873. The zero-order valence-electron chi connectivity index (χ0n) is 13.5. The van der Waals surface area contributed by atoms with E-state index in [1.807, 2.05) is 6.07 Å². The predicted octanol–water partition coefficient (Wildman–Crippen LogP) is 4.55. The molecule has 9 heteroatoms. The number of likely N-dealkylation sites (tertiary alicyclic amines) is 1. The van der Waals surface area contributed by atoms with E-state index in [4.69, 9.17) is 4.74 Å². The third-order valence-corrected chi connectivity index (χ3v) is 4.35. The van der Waals surface area contributed by atoms with Crippen LogP contribution in [0.1, 0.15) is 12.0 Å². The third kappa shape index (κ3) is 4.66. The Morgan fingerprint density at radius 2 is 1.96 bits per heavy atom. The number of carbonyl (C=O) groups is 1. The number of alkyl halides is 3. The van der Waals surface area contributed by atoms with Crippen LogP contribution in [0.3, 0.4) is 0 Å². The third-order valence-electron chi connectivity index (χ3n) is 3.88. The summed E-state index contributed by atoms with van der Waals surface area (Å²) in [5.41, 5.74) is -0.450. The van der Waals surface area contributed by atoms with Crippen molar-refractivity contribution in [2.75, 3.05) is 18.4 Å². The van der Waals surface area contributed by atoms with Crippen LogP contribution < -0.4 is 10.1 Å². The van der Waals surface area contributed by atoms with E-state index in [1.54, 1.807) is 17.2 Å². The maximum atomic E-state index is 12.6. The second-order valence-corrected chi connectivity index (χ2v) is 6.71. The van der Waals surface area contributed by atoms with Gasteiger partial charge in [0.05, 0.1) is 12.1 Å². The van der Waals surface area contributed by atoms with E-state index in [0.29, 0.717) is 31.1 Å². The van der Waals surface area contributed by atoms with Crippen LogP contribution >= 0.6 is 15.9 Å². The molecule has 1 fully saturated rings. The molecular formula is C17H15BrF3N3O2. The Kier molecular flexibility index (Phi) is 5.36. The highest BCUT2D eigenvalue weighted by Gasteiger charge is 2.30. The summed E-state index contributed by atoms with van der Waals surface area (Å²) in [6, 6.07) is 7.50. The first kappa shape index (κ1) is 18.5. The molecule has 26 heavy (non-hydrogen) atoms. The summed E-state index contributed by atoms with van der Waals surface area (Å²) in [5.74, 6) is 0.475. The van der Waals surface area contributed by atoms with Crippen LogP contribution in [0.5, 0.6) is 5.88 Å². The summed E-state index contributed by atoms with van der Waals surface area (Å²) < 4.78 is 44.2. The number of aromatic nitrogens is 1. The van der Waals surface area contributed by atoms with Gasteiger partial charge in [-0.3, -0.25) is 0 Å². The molecule has 0 radical (unpaired) electrons. The van der Waals surface area contributed by atoms with Gasteiger partial charge in [0.25, 0.3) is 0 Å². The normalized spacial score (nSPS) is 17.2. The summed E-state index contributed by atoms with van der Waals surface area (Å²) in [6.07, 6.45) is -2.30. The molecule has 2 heterocycles. The quantitative estimate of drug-likeness (QED) is 0.778. The highest BCUT2D eigenvalue weighted by molar-refractivity contribution is 9.10. The number of benzene rings is 1. The molecule has 1 aliphatic rings. The van der Waals surface area contributed by atoms with Crippen LogP contribution in [0.25, 0.3) is 0 Å². The topological polar surface area (TPSA) is 54.5 Å². The average Bonchev–Trinajstić information content (AvgIpc) is 3.05. The van der Waals surface area contributed by atoms with Gasteiger partial charge in [-0.15, -0.1) is 0 Å². The van der Waals surface area contributed by atoms with Crippen molar-refractivity contribution >= 4 is 27.6 Å². The van der Waals surface area contributed by atoms with E-state index >= 15 is 0 Å². The largest absolute Gasteiger partial charge is 0.472 e. The van der Waals surface area contributed by atoms with Gasteiger partial charge in [-0.05, 0) is 46.3 Å². The van der Waals surface area contributed by atoms with Gasteiger partial charge in [0.15, 0.2) is 0 Å².